The molecule has 2 aromatic carbocycles. The number of aliphatic hydroxyl groups excluding tert-OH is 1. The number of benzene rings is 2. The number of hydrogen-bond donors (Lipinski definition) is 3. The molecule has 3 saturated carbocycles. The molecule has 1 heterocycles. The fourth-order valence-electron chi connectivity index (χ4n) is 6.06. The Morgan fingerprint density at radius 3 is 2.55 bits per heavy atom. The van der Waals surface area contributed by atoms with Crippen LogP contribution in [0.15, 0.2) is 60.0 Å². The number of fused-ring (bicyclic) bond motifs is 2. The summed E-state index contributed by atoms with van der Waals surface area (Å²) in [5.74, 6) is -3.80. The van der Waals surface area contributed by atoms with Crippen molar-refractivity contribution in [1.82, 2.24) is 9.55 Å². The highest BCUT2D eigenvalue weighted by atomic mass is 35.5. The van der Waals surface area contributed by atoms with Crippen molar-refractivity contribution in [1.29, 1.82) is 0 Å². The monoisotopic (exact) mass is 565 g/mol. The molecule has 3 aliphatic rings. The van der Waals surface area contributed by atoms with Crippen LogP contribution in [0.4, 0.5) is 14.5 Å². The van der Waals surface area contributed by atoms with Crippen molar-refractivity contribution in [2.75, 3.05) is 5.32 Å². The minimum absolute atomic E-state index is 0.00292. The van der Waals surface area contributed by atoms with E-state index in [0.717, 1.165) is 18.2 Å². The van der Waals surface area contributed by atoms with Crippen molar-refractivity contribution in [2.45, 2.75) is 48.2 Å². The molecule has 3 fully saturated rings. The summed E-state index contributed by atoms with van der Waals surface area (Å²) in [6, 6.07) is 6.66. The van der Waals surface area contributed by atoms with E-state index in [2.05, 4.69) is 10.3 Å². The van der Waals surface area contributed by atoms with Crippen molar-refractivity contribution in [3.63, 3.8) is 0 Å². The molecule has 3 atom stereocenters. The van der Waals surface area contributed by atoms with Crippen LogP contribution in [-0.4, -0.2) is 51.0 Å². The third-order valence-electron chi connectivity index (χ3n) is 8.08. The van der Waals surface area contributed by atoms with Crippen LogP contribution in [0.2, 0.25) is 5.02 Å². The van der Waals surface area contributed by atoms with Crippen molar-refractivity contribution in [2.24, 2.45) is 17.8 Å². The first-order valence-electron chi connectivity index (χ1n) is 12.1. The fourth-order valence-corrected chi connectivity index (χ4v) is 8.41. The van der Waals surface area contributed by atoms with Crippen LogP contribution in [0, 0.1) is 29.4 Å². The molecule has 6 rings (SSSR count). The van der Waals surface area contributed by atoms with E-state index in [4.69, 9.17) is 11.6 Å². The third kappa shape index (κ3) is 4.41. The molecule has 0 radical (unpaired) electrons. The van der Waals surface area contributed by atoms with Crippen LogP contribution in [-0.2, 0) is 16.4 Å². The van der Waals surface area contributed by atoms with Gasteiger partial charge in [-0.15, -0.1) is 0 Å². The number of halogens is 3. The Balaban J connectivity index is 1.35. The predicted molar refractivity (Wildman–Crippen MR) is 135 cm³/mol. The molecule has 3 N–H and O–H groups in total. The Labute approximate surface area is 223 Å². The minimum atomic E-state index is -4.02. The molecule has 3 aromatic rings. The van der Waals surface area contributed by atoms with Gasteiger partial charge in [-0.25, -0.2) is 22.2 Å². The van der Waals surface area contributed by atoms with Gasteiger partial charge in [0.15, 0.2) is 21.5 Å². The average molecular weight is 566 g/mol. The SMILES string of the molecule is C[C@H]1C2C[C@H](S(=O)(=O)c3cc(C(=O)Nc4ccc(F)c(F)c4)ccc3Cl)CC1[C@@]2(O)C(O)Cn1ccnc1. The number of sulfone groups is 1. The summed E-state index contributed by atoms with van der Waals surface area (Å²) in [6.07, 6.45) is 3.93. The molecule has 3 aliphatic carbocycles. The summed E-state index contributed by atoms with van der Waals surface area (Å²) >= 11 is 6.27. The Kier molecular flexibility index (Phi) is 6.83. The molecule has 0 spiro atoms. The van der Waals surface area contributed by atoms with Gasteiger partial charge in [-0.05, 0) is 60.9 Å². The summed E-state index contributed by atoms with van der Waals surface area (Å²) in [5, 5.41) is 23.8. The van der Waals surface area contributed by atoms with Crippen molar-refractivity contribution in [3.8, 4) is 0 Å². The Morgan fingerprint density at radius 2 is 1.92 bits per heavy atom. The smallest absolute Gasteiger partial charge is 0.255 e. The lowest BCUT2D eigenvalue weighted by molar-refractivity contribution is -0.265. The van der Waals surface area contributed by atoms with Crippen LogP contribution in [0.3, 0.4) is 0 Å². The van der Waals surface area contributed by atoms with Crippen LogP contribution in [0.1, 0.15) is 30.1 Å². The standard InChI is InChI=1S/C26H26ClF2N3O5S/c1-14-18-10-17(11-19(14)26(18,35)24(33)12-32-7-6-30-13-32)38(36,37)23-8-15(2-4-20(23)27)25(34)31-16-3-5-21(28)22(29)9-16/h2-9,13-14,17-19,24,33,35H,10-12H2,1H3,(H,31,34)/t14-,17-,18?,19?,24?,26+. The van der Waals surface area contributed by atoms with Gasteiger partial charge < -0.3 is 20.1 Å². The van der Waals surface area contributed by atoms with Gasteiger partial charge in [-0.1, -0.05) is 18.5 Å². The highest BCUT2D eigenvalue weighted by Gasteiger charge is 2.67. The highest BCUT2D eigenvalue weighted by Crippen LogP contribution is 2.60. The van der Waals surface area contributed by atoms with Gasteiger partial charge in [0.05, 0.1) is 33.6 Å². The van der Waals surface area contributed by atoms with Gasteiger partial charge >= 0.3 is 0 Å². The number of imidazole rings is 1. The number of amides is 1. The number of aromatic nitrogens is 2. The van der Waals surface area contributed by atoms with Crippen molar-refractivity contribution < 1.29 is 32.2 Å². The molecular formula is C26H26ClF2N3O5S. The summed E-state index contributed by atoms with van der Waals surface area (Å²) < 4.78 is 55.7. The molecule has 1 aromatic heterocycles. The van der Waals surface area contributed by atoms with E-state index < -0.39 is 56.2 Å². The lowest BCUT2D eigenvalue weighted by atomic mass is 9.46. The van der Waals surface area contributed by atoms with E-state index in [1.807, 2.05) is 6.92 Å². The first-order valence-corrected chi connectivity index (χ1v) is 14.0. The second-order valence-electron chi connectivity index (χ2n) is 10.1. The average Bonchev–Trinajstić information content (AvgIpc) is 3.39. The number of anilines is 1. The van der Waals surface area contributed by atoms with Crippen LogP contribution in [0.25, 0.3) is 0 Å². The summed E-state index contributed by atoms with van der Waals surface area (Å²) in [6.45, 7) is 2.07. The van der Waals surface area contributed by atoms with E-state index in [1.54, 1.807) is 17.0 Å². The van der Waals surface area contributed by atoms with E-state index in [0.29, 0.717) is 0 Å². The fraction of sp³-hybridized carbons (Fsp3) is 0.385. The first-order chi connectivity index (χ1) is 17.9. The maximum atomic E-state index is 13.7. The number of nitrogens with one attached hydrogen (secondary N) is 1. The third-order valence-corrected chi connectivity index (χ3v) is 10.7. The molecule has 1 amide bonds. The molecule has 0 aliphatic heterocycles. The lowest BCUT2D eigenvalue weighted by Crippen LogP contribution is -2.72. The van der Waals surface area contributed by atoms with Crippen molar-refractivity contribution in [3.05, 3.63) is 77.3 Å². The maximum absolute atomic E-state index is 13.7. The van der Waals surface area contributed by atoms with Gasteiger partial charge in [-0.2, -0.15) is 0 Å². The zero-order valence-corrected chi connectivity index (χ0v) is 21.8. The molecular weight excluding hydrogens is 540 g/mol. The number of carbonyl (C=O) groups excluding carboxylic acids is 1. The van der Waals surface area contributed by atoms with Gasteiger partial charge in [0, 0.05) is 29.7 Å². The molecule has 12 heteroatoms. The van der Waals surface area contributed by atoms with Gasteiger partial charge in [-0.3, -0.25) is 4.79 Å². The van der Waals surface area contributed by atoms with Gasteiger partial charge in [0.1, 0.15) is 6.10 Å². The highest BCUT2D eigenvalue weighted by molar-refractivity contribution is 7.92. The van der Waals surface area contributed by atoms with Crippen molar-refractivity contribution >= 4 is 33.0 Å². The van der Waals surface area contributed by atoms with E-state index in [-0.39, 0.29) is 46.5 Å². The number of nitrogens with zero attached hydrogens (tertiary/aromatic N) is 2. The van der Waals surface area contributed by atoms with Gasteiger partial charge in [0.2, 0.25) is 0 Å². The second kappa shape index (κ2) is 9.71. The molecule has 8 nitrogen and oxygen atoms in total. The largest absolute Gasteiger partial charge is 0.388 e. The number of carbonyl (C=O) groups is 1. The summed E-state index contributed by atoms with van der Waals surface area (Å²) in [5.41, 5.74) is -1.45. The van der Waals surface area contributed by atoms with E-state index in [1.165, 1.54) is 24.5 Å². The molecule has 2 bridgehead atoms. The van der Waals surface area contributed by atoms with Crippen LogP contribution < -0.4 is 5.32 Å². The Bertz CT molecular complexity index is 1470. The number of rotatable bonds is 7. The molecule has 38 heavy (non-hydrogen) atoms. The second-order valence-corrected chi connectivity index (χ2v) is 12.7. The van der Waals surface area contributed by atoms with Crippen LogP contribution in [0.5, 0.6) is 0 Å². The Morgan fingerprint density at radius 1 is 1.21 bits per heavy atom. The number of hydrogen-bond acceptors (Lipinski definition) is 6. The normalized spacial score (nSPS) is 27.4. The summed E-state index contributed by atoms with van der Waals surface area (Å²) in [7, 11) is -4.02. The predicted octanol–water partition coefficient (Wildman–Crippen LogP) is 3.68. The van der Waals surface area contributed by atoms with Crippen LogP contribution >= 0.6 is 11.6 Å². The quantitative estimate of drug-likeness (QED) is 0.402. The zero-order chi connectivity index (χ0) is 27.4. The van der Waals surface area contributed by atoms with Gasteiger partial charge in [0.25, 0.3) is 5.91 Å². The minimum Gasteiger partial charge on any atom is -0.388 e. The summed E-state index contributed by atoms with van der Waals surface area (Å²) in [4.78, 5) is 16.5. The lowest BCUT2D eigenvalue weighted by Gasteiger charge is -2.64. The number of aliphatic hydroxyl groups is 2. The Hall–Kier alpha value is -2.86. The molecule has 0 saturated heterocycles. The van der Waals surface area contributed by atoms with E-state index >= 15 is 0 Å². The molecule has 202 valence electrons. The van der Waals surface area contributed by atoms with E-state index in [9.17, 15) is 32.2 Å². The first kappa shape index (κ1) is 26.7. The maximum Gasteiger partial charge on any atom is 0.255 e. The topological polar surface area (TPSA) is 122 Å². The molecule has 3 unspecified atom stereocenters. The zero-order valence-electron chi connectivity index (χ0n) is 20.3.